The maximum absolute atomic E-state index is 12.6. The fourth-order valence-corrected chi connectivity index (χ4v) is 2.82. The van der Waals surface area contributed by atoms with Crippen molar-refractivity contribution < 1.29 is 19.2 Å². The van der Waals surface area contributed by atoms with Crippen molar-refractivity contribution >= 4 is 28.6 Å². The van der Waals surface area contributed by atoms with Gasteiger partial charge in [0.15, 0.2) is 0 Å². The van der Waals surface area contributed by atoms with Crippen molar-refractivity contribution in [1.82, 2.24) is 5.43 Å². The number of hydrogen-bond acceptors (Lipinski definition) is 6. The van der Waals surface area contributed by atoms with Crippen molar-refractivity contribution in [2.24, 2.45) is 5.10 Å². The number of hydrogen-bond donors (Lipinski definition) is 1. The molecule has 8 heteroatoms. The summed E-state index contributed by atoms with van der Waals surface area (Å²) in [6.45, 7) is 2.19. The number of fused-ring (bicyclic) bond motifs is 1. The van der Waals surface area contributed by atoms with Crippen LogP contribution < -0.4 is 14.9 Å². The zero-order valence-electron chi connectivity index (χ0n) is 15.9. The molecule has 0 radical (unpaired) electrons. The number of hydrazone groups is 1. The zero-order valence-corrected chi connectivity index (χ0v) is 15.9. The lowest BCUT2D eigenvalue weighted by atomic mass is 10.1. The number of nitrogens with zero attached hydrogens (tertiary/aromatic N) is 2. The van der Waals surface area contributed by atoms with E-state index in [0.717, 1.165) is 10.8 Å². The summed E-state index contributed by atoms with van der Waals surface area (Å²) in [5.74, 6) is 0.383. The van der Waals surface area contributed by atoms with Gasteiger partial charge in [0.2, 0.25) is 0 Å². The van der Waals surface area contributed by atoms with Crippen LogP contribution in [0.25, 0.3) is 10.8 Å². The normalized spacial score (nSPS) is 10.8. The molecular formula is C21H19N3O5. The summed E-state index contributed by atoms with van der Waals surface area (Å²) in [4.78, 5) is 23.1. The molecule has 0 bridgehead atoms. The van der Waals surface area contributed by atoms with E-state index in [1.54, 1.807) is 19.1 Å². The first kappa shape index (κ1) is 19.8. The smallest absolute Gasteiger partial charge is 0.275 e. The number of non-ortho nitro benzene ring substituents is 1. The molecule has 0 aliphatic rings. The Kier molecular flexibility index (Phi) is 6.03. The van der Waals surface area contributed by atoms with E-state index in [1.807, 2.05) is 24.3 Å². The topological polar surface area (TPSA) is 103 Å². The van der Waals surface area contributed by atoms with E-state index in [2.05, 4.69) is 10.5 Å². The van der Waals surface area contributed by atoms with Gasteiger partial charge in [0.25, 0.3) is 11.6 Å². The van der Waals surface area contributed by atoms with Gasteiger partial charge in [0.05, 0.1) is 30.4 Å². The van der Waals surface area contributed by atoms with Crippen molar-refractivity contribution in [2.45, 2.75) is 6.92 Å². The molecular weight excluding hydrogens is 374 g/mol. The number of carbonyl (C=O) groups excluding carboxylic acids is 1. The van der Waals surface area contributed by atoms with Crippen LogP contribution in [0.1, 0.15) is 22.8 Å². The summed E-state index contributed by atoms with van der Waals surface area (Å²) in [7, 11) is 1.49. The fourth-order valence-electron chi connectivity index (χ4n) is 2.82. The van der Waals surface area contributed by atoms with Crippen molar-refractivity contribution in [1.29, 1.82) is 0 Å². The number of nitro groups is 1. The molecule has 3 rings (SSSR count). The summed E-state index contributed by atoms with van der Waals surface area (Å²) in [5, 5.41) is 16.8. The Labute approximate surface area is 166 Å². The number of ether oxygens (including phenoxy) is 2. The van der Waals surface area contributed by atoms with E-state index in [9.17, 15) is 14.9 Å². The summed E-state index contributed by atoms with van der Waals surface area (Å²) >= 11 is 0. The highest BCUT2D eigenvalue weighted by molar-refractivity contribution is 6.02. The van der Waals surface area contributed by atoms with Gasteiger partial charge < -0.3 is 9.47 Å². The minimum absolute atomic E-state index is 0.0996. The molecule has 0 aliphatic carbocycles. The van der Waals surface area contributed by atoms with Crippen molar-refractivity contribution in [2.75, 3.05) is 13.7 Å². The maximum Gasteiger partial charge on any atom is 0.275 e. The van der Waals surface area contributed by atoms with Gasteiger partial charge in [-0.3, -0.25) is 14.9 Å². The van der Waals surface area contributed by atoms with Crippen LogP contribution in [-0.2, 0) is 0 Å². The molecule has 8 nitrogen and oxygen atoms in total. The highest BCUT2D eigenvalue weighted by Gasteiger charge is 2.14. The molecule has 0 saturated heterocycles. The molecule has 3 aromatic rings. The second-order valence-electron chi connectivity index (χ2n) is 6.01. The Hall–Kier alpha value is -3.94. The summed E-state index contributed by atoms with van der Waals surface area (Å²) in [5.41, 5.74) is 3.04. The average molecular weight is 393 g/mol. The minimum atomic E-state index is -0.508. The second kappa shape index (κ2) is 8.83. The lowest BCUT2D eigenvalue weighted by Crippen LogP contribution is -2.18. The molecule has 0 unspecified atom stereocenters. The number of nitrogens with one attached hydrogen (secondary N) is 1. The number of methoxy groups -OCH3 is 1. The lowest BCUT2D eigenvalue weighted by molar-refractivity contribution is -0.384. The molecule has 0 atom stereocenters. The summed E-state index contributed by atoms with van der Waals surface area (Å²) in [6.07, 6.45) is 1.31. The Bertz CT molecular complexity index is 1090. The molecule has 1 amide bonds. The van der Waals surface area contributed by atoms with Gasteiger partial charge in [-0.05, 0) is 35.9 Å². The van der Waals surface area contributed by atoms with E-state index in [0.29, 0.717) is 29.2 Å². The second-order valence-corrected chi connectivity index (χ2v) is 6.01. The van der Waals surface area contributed by atoms with E-state index in [4.69, 9.17) is 9.47 Å². The minimum Gasteiger partial charge on any atom is -0.496 e. The van der Waals surface area contributed by atoms with Crippen molar-refractivity contribution in [3.8, 4) is 11.5 Å². The SMILES string of the molecule is CCOc1ccc([N+](=O)[O-])cc1/C=N\NC(=O)c1cc2ccccc2cc1OC. The first-order chi connectivity index (χ1) is 14.0. The van der Waals surface area contributed by atoms with Crippen LogP contribution in [0.5, 0.6) is 11.5 Å². The molecule has 0 aliphatic heterocycles. The van der Waals surface area contributed by atoms with Gasteiger partial charge in [-0.1, -0.05) is 24.3 Å². The average Bonchev–Trinajstić information content (AvgIpc) is 2.73. The molecule has 0 spiro atoms. The molecule has 0 fully saturated rings. The van der Waals surface area contributed by atoms with Crippen LogP contribution >= 0.6 is 0 Å². The lowest BCUT2D eigenvalue weighted by Gasteiger charge is -2.09. The molecule has 29 heavy (non-hydrogen) atoms. The van der Waals surface area contributed by atoms with Gasteiger partial charge in [-0.15, -0.1) is 0 Å². The molecule has 0 heterocycles. The summed E-state index contributed by atoms with van der Waals surface area (Å²) < 4.78 is 10.8. The van der Waals surface area contributed by atoms with Crippen LogP contribution in [0.3, 0.4) is 0 Å². The van der Waals surface area contributed by atoms with E-state index in [-0.39, 0.29) is 5.69 Å². The van der Waals surface area contributed by atoms with Crippen molar-refractivity contribution in [3.05, 3.63) is 75.8 Å². The monoisotopic (exact) mass is 393 g/mol. The third-order valence-electron chi connectivity index (χ3n) is 4.19. The number of carbonyl (C=O) groups is 1. The largest absolute Gasteiger partial charge is 0.496 e. The zero-order chi connectivity index (χ0) is 20.8. The van der Waals surface area contributed by atoms with Gasteiger partial charge in [-0.25, -0.2) is 5.43 Å². The van der Waals surface area contributed by atoms with Crippen LogP contribution in [0.15, 0.2) is 59.7 Å². The maximum atomic E-state index is 12.6. The molecule has 0 saturated carbocycles. The fraction of sp³-hybridized carbons (Fsp3) is 0.143. The Morgan fingerprint density at radius 3 is 2.52 bits per heavy atom. The molecule has 1 N–H and O–H groups in total. The van der Waals surface area contributed by atoms with Gasteiger partial charge in [0, 0.05) is 17.7 Å². The number of benzene rings is 3. The highest BCUT2D eigenvalue weighted by atomic mass is 16.6. The Balaban J connectivity index is 1.85. The van der Waals surface area contributed by atoms with Crippen LogP contribution in [0.4, 0.5) is 5.69 Å². The van der Waals surface area contributed by atoms with Crippen LogP contribution in [0.2, 0.25) is 0 Å². The highest BCUT2D eigenvalue weighted by Crippen LogP contribution is 2.26. The number of amides is 1. The summed E-state index contributed by atoms with van der Waals surface area (Å²) in [6, 6.07) is 15.3. The van der Waals surface area contributed by atoms with Crippen molar-refractivity contribution in [3.63, 3.8) is 0 Å². The molecule has 0 aromatic heterocycles. The molecule has 3 aromatic carbocycles. The third kappa shape index (κ3) is 4.49. The van der Waals surface area contributed by atoms with Gasteiger partial charge in [-0.2, -0.15) is 5.10 Å². The van der Waals surface area contributed by atoms with Gasteiger partial charge >= 0.3 is 0 Å². The Morgan fingerprint density at radius 2 is 1.86 bits per heavy atom. The predicted octanol–water partition coefficient (Wildman–Crippen LogP) is 3.92. The molecule has 148 valence electrons. The van der Waals surface area contributed by atoms with Crippen LogP contribution in [-0.4, -0.2) is 30.8 Å². The first-order valence-corrected chi connectivity index (χ1v) is 8.85. The van der Waals surface area contributed by atoms with E-state index in [1.165, 1.54) is 31.5 Å². The standard InChI is InChI=1S/C21H19N3O5/c1-3-29-19-9-8-17(24(26)27)10-16(19)13-22-23-21(25)18-11-14-6-4-5-7-15(14)12-20(18)28-2/h4-13H,3H2,1-2H3,(H,23,25)/b22-13-. The first-order valence-electron chi connectivity index (χ1n) is 8.85. The van der Waals surface area contributed by atoms with E-state index >= 15 is 0 Å². The van der Waals surface area contributed by atoms with Crippen LogP contribution in [0, 0.1) is 10.1 Å². The third-order valence-corrected chi connectivity index (χ3v) is 4.19. The quantitative estimate of drug-likeness (QED) is 0.372. The predicted molar refractivity (Wildman–Crippen MR) is 110 cm³/mol. The number of nitro benzene ring substituents is 1. The number of rotatable bonds is 7. The van der Waals surface area contributed by atoms with E-state index < -0.39 is 10.8 Å². The van der Waals surface area contributed by atoms with Gasteiger partial charge in [0.1, 0.15) is 11.5 Å². The Morgan fingerprint density at radius 1 is 1.14 bits per heavy atom.